The van der Waals surface area contributed by atoms with Crippen LogP contribution in [-0.2, 0) is 16.1 Å². The highest BCUT2D eigenvalue weighted by molar-refractivity contribution is 6.30. The topological polar surface area (TPSA) is 90.5 Å². The van der Waals surface area contributed by atoms with Crippen LogP contribution in [0.1, 0.15) is 25.7 Å². The number of imidazole rings is 1. The molecule has 1 saturated heterocycles. The second-order valence-electron chi connectivity index (χ2n) is 7.36. The maximum absolute atomic E-state index is 12.7. The highest BCUT2D eigenvalue weighted by atomic mass is 35.5. The van der Waals surface area contributed by atoms with Crippen molar-refractivity contribution in [2.75, 3.05) is 19.7 Å². The molecule has 0 spiro atoms. The predicted molar refractivity (Wildman–Crippen MR) is 106 cm³/mol. The van der Waals surface area contributed by atoms with E-state index < -0.39 is 5.41 Å². The van der Waals surface area contributed by atoms with Crippen molar-refractivity contribution in [3.05, 3.63) is 48.0 Å². The molecule has 1 aromatic carbocycles. The van der Waals surface area contributed by atoms with E-state index in [0.29, 0.717) is 43.4 Å². The summed E-state index contributed by atoms with van der Waals surface area (Å²) in [5.41, 5.74) is 5.03. The van der Waals surface area contributed by atoms with Crippen LogP contribution in [0.3, 0.4) is 0 Å². The van der Waals surface area contributed by atoms with Crippen molar-refractivity contribution >= 4 is 23.4 Å². The number of carbonyl (C=O) groups excluding carboxylic acids is 2. The number of ether oxygens (including phenoxy) is 1. The third-order valence-corrected chi connectivity index (χ3v) is 5.28. The Morgan fingerprint density at radius 2 is 2.21 bits per heavy atom. The van der Waals surface area contributed by atoms with Gasteiger partial charge in [0.25, 0.3) is 0 Å². The first kappa shape index (κ1) is 20.2. The monoisotopic (exact) mass is 404 g/mol. The van der Waals surface area contributed by atoms with E-state index >= 15 is 0 Å². The summed E-state index contributed by atoms with van der Waals surface area (Å²) < 4.78 is 7.81. The van der Waals surface area contributed by atoms with E-state index in [1.807, 2.05) is 27.8 Å². The first-order valence-electron chi connectivity index (χ1n) is 9.36. The minimum absolute atomic E-state index is 0.0602. The molecule has 28 heavy (non-hydrogen) atoms. The number of aromatic nitrogens is 2. The number of primary amides is 1. The molecule has 2 amide bonds. The summed E-state index contributed by atoms with van der Waals surface area (Å²) in [7, 11) is 0. The van der Waals surface area contributed by atoms with Gasteiger partial charge in [0.1, 0.15) is 5.75 Å². The van der Waals surface area contributed by atoms with Gasteiger partial charge in [-0.15, -0.1) is 0 Å². The summed E-state index contributed by atoms with van der Waals surface area (Å²) in [5, 5.41) is 0.585. The van der Waals surface area contributed by atoms with E-state index in [9.17, 15) is 9.59 Å². The predicted octanol–water partition coefficient (Wildman–Crippen LogP) is 2.49. The van der Waals surface area contributed by atoms with Gasteiger partial charge in [-0.3, -0.25) is 9.59 Å². The van der Waals surface area contributed by atoms with Crippen LogP contribution in [0.25, 0.3) is 0 Å². The van der Waals surface area contributed by atoms with Crippen LogP contribution in [0.15, 0.2) is 43.0 Å². The molecule has 1 atom stereocenters. The van der Waals surface area contributed by atoms with Crippen LogP contribution in [0.5, 0.6) is 5.75 Å². The average Bonchev–Trinajstić information content (AvgIpc) is 3.18. The van der Waals surface area contributed by atoms with E-state index in [-0.39, 0.29) is 18.2 Å². The van der Waals surface area contributed by atoms with Crippen LogP contribution in [0.2, 0.25) is 5.02 Å². The van der Waals surface area contributed by atoms with Gasteiger partial charge in [0.05, 0.1) is 12.9 Å². The minimum Gasteiger partial charge on any atom is -0.493 e. The number of halogens is 1. The Morgan fingerprint density at radius 1 is 1.36 bits per heavy atom. The van der Waals surface area contributed by atoms with Gasteiger partial charge in [0, 0.05) is 55.3 Å². The van der Waals surface area contributed by atoms with Crippen molar-refractivity contribution in [1.29, 1.82) is 0 Å². The standard InChI is InChI=1S/C20H25ClN4O3/c21-16-3-1-4-17(11-16)28-14-20(12-18(22)26)6-2-8-25(13-20)19(27)5-9-24-10-7-23-15-24/h1,3-4,7,10-11,15H,2,5-6,8-9,12-14H2,(H2,22,26)/t20-/m0/s1. The third-order valence-electron chi connectivity index (χ3n) is 5.05. The number of hydrogen-bond acceptors (Lipinski definition) is 4. The highest BCUT2D eigenvalue weighted by Gasteiger charge is 2.39. The molecule has 1 aliphatic heterocycles. The van der Waals surface area contributed by atoms with Crippen LogP contribution in [0.4, 0.5) is 0 Å². The summed E-state index contributed by atoms with van der Waals surface area (Å²) in [4.78, 5) is 30.2. The Kier molecular flexibility index (Phi) is 6.57. The largest absolute Gasteiger partial charge is 0.493 e. The average molecular weight is 405 g/mol. The Balaban J connectivity index is 1.65. The van der Waals surface area contributed by atoms with Crippen molar-refractivity contribution in [3.8, 4) is 5.75 Å². The molecule has 8 heteroatoms. The molecule has 1 fully saturated rings. The molecule has 0 unspecified atom stereocenters. The molecule has 0 radical (unpaired) electrons. The number of likely N-dealkylation sites (tertiary alicyclic amines) is 1. The fourth-order valence-electron chi connectivity index (χ4n) is 3.70. The molecular weight excluding hydrogens is 380 g/mol. The number of piperidine rings is 1. The lowest BCUT2D eigenvalue weighted by Gasteiger charge is -2.42. The van der Waals surface area contributed by atoms with E-state index in [2.05, 4.69) is 4.98 Å². The quantitative estimate of drug-likeness (QED) is 0.731. The number of aryl methyl sites for hydroxylation is 1. The Bertz CT molecular complexity index is 812. The molecule has 2 N–H and O–H groups in total. The van der Waals surface area contributed by atoms with E-state index in [0.717, 1.165) is 12.8 Å². The molecule has 150 valence electrons. The normalized spacial score (nSPS) is 19.4. The molecule has 2 heterocycles. The fraction of sp³-hybridized carbons (Fsp3) is 0.450. The smallest absolute Gasteiger partial charge is 0.224 e. The molecule has 3 rings (SSSR count). The summed E-state index contributed by atoms with van der Waals surface area (Å²) in [5.74, 6) is 0.312. The Hall–Kier alpha value is -2.54. The number of carbonyl (C=O) groups is 2. The first-order valence-corrected chi connectivity index (χ1v) is 9.74. The Labute approximate surface area is 169 Å². The second kappa shape index (κ2) is 9.10. The number of amides is 2. The molecule has 1 aliphatic rings. The summed E-state index contributed by atoms with van der Waals surface area (Å²) >= 11 is 6.01. The molecule has 0 bridgehead atoms. The summed E-state index contributed by atoms with van der Waals surface area (Å²) in [6.07, 6.45) is 7.37. The molecule has 0 aliphatic carbocycles. The van der Waals surface area contributed by atoms with Crippen molar-refractivity contribution < 1.29 is 14.3 Å². The van der Waals surface area contributed by atoms with Crippen molar-refractivity contribution in [2.45, 2.75) is 32.2 Å². The van der Waals surface area contributed by atoms with Gasteiger partial charge in [-0.2, -0.15) is 0 Å². The second-order valence-corrected chi connectivity index (χ2v) is 7.79. The van der Waals surface area contributed by atoms with E-state index in [4.69, 9.17) is 22.1 Å². The number of nitrogens with two attached hydrogens (primary N) is 1. The lowest BCUT2D eigenvalue weighted by Crippen LogP contribution is -2.50. The van der Waals surface area contributed by atoms with E-state index in [1.165, 1.54) is 0 Å². The Morgan fingerprint density at radius 3 is 2.93 bits per heavy atom. The molecule has 1 aromatic heterocycles. The van der Waals surface area contributed by atoms with Crippen LogP contribution >= 0.6 is 11.6 Å². The van der Waals surface area contributed by atoms with E-state index in [1.54, 1.807) is 24.7 Å². The van der Waals surface area contributed by atoms with Crippen LogP contribution in [0, 0.1) is 5.41 Å². The fourth-order valence-corrected chi connectivity index (χ4v) is 3.88. The highest BCUT2D eigenvalue weighted by Crippen LogP contribution is 2.35. The number of hydrogen-bond donors (Lipinski definition) is 1. The summed E-state index contributed by atoms with van der Waals surface area (Å²) in [6, 6.07) is 7.14. The number of nitrogens with zero attached hydrogens (tertiary/aromatic N) is 3. The van der Waals surface area contributed by atoms with Crippen LogP contribution in [-0.4, -0.2) is 46.0 Å². The van der Waals surface area contributed by atoms with Crippen molar-refractivity contribution in [2.24, 2.45) is 11.1 Å². The van der Waals surface area contributed by atoms with Gasteiger partial charge in [0.2, 0.25) is 11.8 Å². The minimum atomic E-state index is -0.489. The maximum atomic E-state index is 12.7. The van der Waals surface area contributed by atoms with Gasteiger partial charge >= 0.3 is 0 Å². The number of benzene rings is 1. The van der Waals surface area contributed by atoms with Gasteiger partial charge in [-0.05, 0) is 31.0 Å². The zero-order valence-corrected chi connectivity index (χ0v) is 16.5. The number of rotatable bonds is 8. The molecule has 2 aromatic rings. The van der Waals surface area contributed by atoms with Crippen molar-refractivity contribution in [1.82, 2.24) is 14.5 Å². The molecular formula is C20H25ClN4O3. The zero-order chi connectivity index (χ0) is 20.0. The molecule has 7 nitrogen and oxygen atoms in total. The van der Waals surface area contributed by atoms with Crippen LogP contribution < -0.4 is 10.5 Å². The van der Waals surface area contributed by atoms with Gasteiger partial charge in [-0.1, -0.05) is 17.7 Å². The first-order chi connectivity index (χ1) is 13.5. The molecule has 0 saturated carbocycles. The zero-order valence-electron chi connectivity index (χ0n) is 15.7. The van der Waals surface area contributed by atoms with Gasteiger partial charge in [0.15, 0.2) is 0 Å². The van der Waals surface area contributed by atoms with Gasteiger partial charge in [-0.25, -0.2) is 4.98 Å². The van der Waals surface area contributed by atoms with Gasteiger partial charge < -0.3 is 19.9 Å². The third kappa shape index (κ3) is 5.48. The SMILES string of the molecule is NC(=O)C[C@@]1(COc2cccc(Cl)c2)CCCN(C(=O)CCn2ccnc2)C1. The lowest BCUT2D eigenvalue weighted by molar-refractivity contribution is -0.137. The lowest BCUT2D eigenvalue weighted by atomic mass is 9.77. The summed E-state index contributed by atoms with van der Waals surface area (Å²) in [6.45, 7) is 2.03. The maximum Gasteiger partial charge on any atom is 0.224 e. The van der Waals surface area contributed by atoms with Crippen molar-refractivity contribution in [3.63, 3.8) is 0 Å².